The average Bonchev–Trinajstić information content (AvgIpc) is 3.31. The molecule has 1 aliphatic rings. The van der Waals surface area contributed by atoms with Gasteiger partial charge >= 0.3 is 0 Å². The summed E-state index contributed by atoms with van der Waals surface area (Å²) in [6.07, 6.45) is 4.00. The quantitative estimate of drug-likeness (QED) is 0.372. The van der Waals surface area contributed by atoms with Crippen LogP contribution in [0.3, 0.4) is 0 Å². The fourth-order valence-corrected chi connectivity index (χ4v) is 5.79. The molecule has 4 aromatic heterocycles. The first-order valence-corrected chi connectivity index (χ1v) is 11.7. The number of carbonyl (C=O) groups excluding carboxylic acids is 1. The Hall–Kier alpha value is -2.14. The number of aromatic nitrogens is 4. The lowest BCUT2D eigenvalue weighted by Crippen LogP contribution is -2.32. The summed E-state index contributed by atoms with van der Waals surface area (Å²) >= 11 is 4.37. The van der Waals surface area contributed by atoms with Crippen molar-refractivity contribution in [1.82, 2.24) is 19.9 Å². The van der Waals surface area contributed by atoms with Gasteiger partial charge in [-0.2, -0.15) is 0 Å². The number of hydrogen-bond donors (Lipinski definition) is 1. The first-order chi connectivity index (χ1) is 14.0. The Kier molecular flexibility index (Phi) is 4.73. The first-order valence-electron chi connectivity index (χ1n) is 9.01. The Bertz CT molecular complexity index is 1220. The van der Waals surface area contributed by atoms with E-state index in [0.29, 0.717) is 11.7 Å². The fourth-order valence-electron chi connectivity index (χ4n) is 3.24. The summed E-state index contributed by atoms with van der Waals surface area (Å²) < 4.78 is 6.90. The van der Waals surface area contributed by atoms with Crippen LogP contribution in [0.2, 0.25) is 0 Å². The van der Waals surface area contributed by atoms with Gasteiger partial charge in [-0.25, -0.2) is 19.9 Å². The zero-order valence-electron chi connectivity index (χ0n) is 15.8. The SMILES string of the molecule is CC1(C)Cc2nc3sc4c(SCC(=O)Nc5nccs5)ncnc4c3cc2CO1. The minimum Gasteiger partial charge on any atom is -0.370 e. The van der Waals surface area contributed by atoms with Crippen LogP contribution < -0.4 is 5.32 Å². The number of nitrogens with one attached hydrogen (secondary N) is 1. The van der Waals surface area contributed by atoms with Crippen LogP contribution in [-0.4, -0.2) is 37.2 Å². The van der Waals surface area contributed by atoms with Crippen molar-refractivity contribution in [3.05, 3.63) is 35.2 Å². The van der Waals surface area contributed by atoms with Crippen molar-refractivity contribution in [2.45, 2.75) is 37.5 Å². The standard InChI is InChI=1S/C19H17N5O2S3/c1-19(2)6-12-10(7-26-19)5-11-14-15(29-16(11)23-12)17(22-9-21-14)28-8-13(25)24-18-20-3-4-27-18/h3-5,9H,6-8H2,1-2H3,(H,20,24,25). The van der Waals surface area contributed by atoms with Gasteiger partial charge in [0.25, 0.3) is 0 Å². The molecule has 0 spiro atoms. The fraction of sp³-hybridized carbons (Fsp3) is 0.316. The number of amides is 1. The Labute approximate surface area is 179 Å². The van der Waals surface area contributed by atoms with E-state index in [1.165, 1.54) is 23.1 Å². The minimum absolute atomic E-state index is 0.106. The van der Waals surface area contributed by atoms with Crippen molar-refractivity contribution in [2.75, 3.05) is 11.1 Å². The van der Waals surface area contributed by atoms with Crippen LogP contribution >= 0.6 is 34.4 Å². The van der Waals surface area contributed by atoms with E-state index in [1.54, 1.807) is 23.9 Å². The van der Waals surface area contributed by atoms with E-state index < -0.39 is 0 Å². The van der Waals surface area contributed by atoms with E-state index in [1.807, 2.05) is 5.38 Å². The van der Waals surface area contributed by atoms with Crippen LogP contribution in [-0.2, 0) is 22.6 Å². The van der Waals surface area contributed by atoms with Crippen molar-refractivity contribution < 1.29 is 9.53 Å². The lowest BCUT2D eigenvalue weighted by molar-refractivity contribution is -0.113. The number of hydrogen-bond acceptors (Lipinski definition) is 9. The maximum Gasteiger partial charge on any atom is 0.236 e. The maximum atomic E-state index is 12.2. The van der Waals surface area contributed by atoms with Gasteiger partial charge in [0, 0.05) is 28.9 Å². The minimum atomic E-state index is -0.198. The number of fused-ring (bicyclic) bond motifs is 4. The average molecular weight is 444 g/mol. The highest BCUT2D eigenvalue weighted by Crippen LogP contribution is 2.38. The lowest BCUT2D eigenvalue weighted by atomic mass is 9.95. The monoisotopic (exact) mass is 443 g/mol. The van der Waals surface area contributed by atoms with Crippen LogP contribution in [0.25, 0.3) is 20.4 Å². The van der Waals surface area contributed by atoms with Crippen LogP contribution in [0, 0.1) is 0 Å². The molecule has 29 heavy (non-hydrogen) atoms. The highest BCUT2D eigenvalue weighted by atomic mass is 32.2. The molecule has 0 saturated carbocycles. The molecule has 0 radical (unpaired) electrons. The molecule has 5 rings (SSSR count). The smallest absolute Gasteiger partial charge is 0.236 e. The number of anilines is 1. The highest BCUT2D eigenvalue weighted by Gasteiger charge is 2.28. The summed E-state index contributed by atoms with van der Waals surface area (Å²) in [4.78, 5) is 31.0. The summed E-state index contributed by atoms with van der Waals surface area (Å²) in [7, 11) is 0. The van der Waals surface area contributed by atoms with E-state index in [4.69, 9.17) is 9.72 Å². The molecule has 1 aliphatic heterocycles. The Morgan fingerprint density at radius 3 is 3.07 bits per heavy atom. The summed E-state index contributed by atoms with van der Waals surface area (Å²) in [6, 6.07) is 2.14. The van der Waals surface area contributed by atoms with E-state index >= 15 is 0 Å². The number of thiazole rings is 1. The van der Waals surface area contributed by atoms with Gasteiger partial charge in [-0.3, -0.25) is 4.79 Å². The van der Waals surface area contributed by atoms with Gasteiger partial charge in [0.1, 0.15) is 16.2 Å². The first kappa shape index (κ1) is 18.9. The van der Waals surface area contributed by atoms with Gasteiger partial charge in [-0.15, -0.1) is 22.7 Å². The third-order valence-corrected chi connectivity index (χ3v) is 7.51. The number of thioether (sulfide) groups is 1. The third-order valence-electron chi connectivity index (χ3n) is 4.61. The van der Waals surface area contributed by atoms with Gasteiger partial charge < -0.3 is 10.1 Å². The van der Waals surface area contributed by atoms with Gasteiger partial charge in [-0.1, -0.05) is 11.8 Å². The normalized spacial score (nSPS) is 15.5. The highest BCUT2D eigenvalue weighted by molar-refractivity contribution is 8.00. The summed E-state index contributed by atoms with van der Waals surface area (Å²) in [5.41, 5.74) is 2.89. The number of pyridine rings is 1. The second kappa shape index (κ2) is 7.28. The van der Waals surface area contributed by atoms with Crippen molar-refractivity contribution in [2.24, 2.45) is 0 Å². The molecule has 148 valence electrons. The van der Waals surface area contributed by atoms with Crippen LogP contribution in [0.1, 0.15) is 25.1 Å². The predicted molar refractivity (Wildman–Crippen MR) is 117 cm³/mol. The molecule has 0 aromatic carbocycles. The molecule has 5 heterocycles. The molecule has 1 N–H and O–H groups in total. The number of carbonyl (C=O) groups is 1. The van der Waals surface area contributed by atoms with Gasteiger partial charge in [-0.05, 0) is 19.9 Å². The lowest BCUT2D eigenvalue weighted by Gasteiger charge is -2.30. The molecule has 10 heteroatoms. The summed E-state index contributed by atoms with van der Waals surface area (Å²) in [6.45, 7) is 4.74. The van der Waals surface area contributed by atoms with Gasteiger partial charge in [0.15, 0.2) is 5.13 Å². The topological polar surface area (TPSA) is 89.9 Å². The van der Waals surface area contributed by atoms with Crippen LogP contribution in [0.4, 0.5) is 5.13 Å². The van der Waals surface area contributed by atoms with Gasteiger partial charge in [0.05, 0.1) is 33.9 Å². The Morgan fingerprint density at radius 1 is 1.34 bits per heavy atom. The van der Waals surface area contributed by atoms with E-state index in [2.05, 4.69) is 40.2 Å². The molecular weight excluding hydrogens is 426 g/mol. The van der Waals surface area contributed by atoms with E-state index in [0.717, 1.165) is 43.1 Å². The molecule has 0 atom stereocenters. The third kappa shape index (κ3) is 3.73. The zero-order valence-corrected chi connectivity index (χ0v) is 18.2. The predicted octanol–water partition coefficient (Wildman–Crippen LogP) is 4.28. The van der Waals surface area contributed by atoms with Crippen molar-refractivity contribution in [3.8, 4) is 0 Å². The molecule has 0 bridgehead atoms. The molecule has 0 fully saturated rings. The Morgan fingerprint density at radius 2 is 2.24 bits per heavy atom. The maximum absolute atomic E-state index is 12.2. The van der Waals surface area contributed by atoms with E-state index in [9.17, 15) is 4.79 Å². The van der Waals surface area contributed by atoms with Crippen LogP contribution in [0.15, 0.2) is 29.0 Å². The second-order valence-electron chi connectivity index (χ2n) is 7.30. The van der Waals surface area contributed by atoms with Crippen molar-refractivity contribution in [3.63, 3.8) is 0 Å². The summed E-state index contributed by atoms with van der Waals surface area (Å²) in [5.74, 6) is 0.150. The largest absolute Gasteiger partial charge is 0.370 e. The molecule has 0 saturated heterocycles. The van der Waals surface area contributed by atoms with Gasteiger partial charge in [0.2, 0.25) is 5.91 Å². The molecule has 4 aromatic rings. The van der Waals surface area contributed by atoms with Crippen molar-refractivity contribution in [1.29, 1.82) is 0 Å². The van der Waals surface area contributed by atoms with Crippen LogP contribution in [0.5, 0.6) is 0 Å². The molecule has 7 nitrogen and oxygen atoms in total. The zero-order chi connectivity index (χ0) is 20.0. The van der Waals surface area contributed by atoms with Crippen molar-refractivity contribution >= 4 is 65.9 Å². The second-order valence-corrected chi connectivity index (χ2v) is 10.2. The number of thiophene rings is 1. The number of rotatable bonds is 4. The number of ether oxygens (including phenoxy) is 1. The van der Waals surface area contributed by atoms with E-state index in [-0.39, 0.29) is 17.3 Å². The Balaban J connectivity index is 1.45. The molecule has 1 amide bonds. The molecule has 0 aliphatic carbocycles. The molecule has 0 unspecified atom stereocenters. The summed E-state index contributed by atoms with van der Waals surface area (Å²) in [5, 5.41) is 7.03. The number of nitrogens with zero attached hydrogens (tertiary/aromatic N) is 4. The molecular formula is C19H17N5O2S3.